The lowest BCUT2D eigenvalue weighted by Gasteiger charge is -2.34. The Morgan fingerprint density at radius 2 is 1.96 bits per heavy atom. The van der Waals surface area contributed by atoms with Crippen LogP contribution in [0.4, 0.5) is 5.13 Å². The zero-order chi connectivity index (χ0) is 15.5. The maximum atomic E-state index is 5.99. The largest absolute Gasteiger partial charge is 0.372 e. The molecule has 2 saturated heterocycles. The first-order valence-electron chi connectivity index (χ1n) is 8.47. The van der Waals surface area contributed by atoms with Gasteiger partial charge in [0.25, 0.3) is 0 Å². The van der Waals surface area contributed by atoms with Crippen molar-refractivity contribution in [2.24, 2.45) is 0 Å². The van der Waals surface area contributed by atoms with Crippen molar-refractivity contribution in [1.82, 2.24) is 10.3 Å². The van der Waals surface area contributed by atoms with Crippen LogP contribution >= 0.6 is 11.3 Å². The minimum Gasteiger partial charge on any atom is -0.372 e. The fourth-order valence-electron chi connectivity index (χ4n) is 3.64. The monoisotopic (exact) mass is 329 g/mol. The second-order valence-corrected chi connectivity index (χ2v) is 7.21. The van der Waals surface area contributed by atoms with Crippen molar-refractivity contribution in [1.29, 1.82) is 0 Å². The second-order valence-electron chi connectivity index (χ2n) is 6.34. The molecule has 2 fully saturated rings. The minimum absolute atomic E-state index is 0.202. The average molecular weight is 329 g/mol. The molecule has 2 aromatic rings. The third-order valence-electron chi connectivity index (χ3n) is 4.85. The number of hydrogen-bond donors (Lipinski definition) is 1. The molecule has 0 unspecified atom stereocenters. The molecule has 4 rings (SSSR count). The van der Waals surface area contributed by atoms with Crippen molar-refractivity contribution >= 4 is 16.5 Å². The Hall–Kier alpha value is -1.43. The molecule has 23 heavy (non-hydrogen) atoms. The van der Waals surface area contributed by atoms with Gasteiger partial charge in [0, 0.05) is 43.4 Å². The van der Waals surface area contributed by atoms with Crippen molar-refractivity contribution in [3.8, 4) is 0 Å². The summed E-state index contributed by atoms with van der Waals surface area (Å²) in [6.07, 6.45) is 5.56. The molecule has 0 aliphatic carbocycles. The van der Waals surface area contributed by atoms with Crippen molar-refractivity contribution in [2.45, 2.75) is 37.5 Å². The van der Waals surface area contributed by atoms with Gasteiger partial charge in [0.1, 0.15) is 0 Å². The maximum absolute atomic E-state index is 5.99. The number of aromatic nitrogens is 1. The van der Waals surface area contributed by atoms with Gasteiger partial charge < -0.3 is 15.0 Å². The normalized spacial score (nSPS) is 25.8. The van der Waals surface area contributed by atoms with Crippen molar-refractivity contribution < 1.29 is 4.74 Å². The van der Waals surface area contributed by atoms with Gasteiger partial charge in [0.2, 0.25) is 0 Å². The summed E-state index contributed by atoms with van der Waals surface area (Å²) in [5.74, 6) is 0. The lowest BCUT2D eigenvalue weighted by molar-refractivity contribution is 0.0954. The van der Waals surface area contributed by atoms with E-state index in [0.29, 0.717) is 12.1 Å². The number of ether oxygens (including phenoxy) is 1. The lowest BCUT2D eigenvalue weighted by Crippen LogP contribution is -2.47. The summed E-state index contributed by atoms with van der Waals surface area (Å²) in [5.41, 5.74) is 1.29. The highest BCUT2D eigenvalue weighted by Gasteiger charge is 2.32. The fourth-order valence-corrected chi connectivity index (χ4v) is 4.34. The minimum atomic E-state index is 0.202. The molecule has 122 valence electrons. The van der Waals surface area contributed by atoms with Crippen LogP contribution in [-0.2, 0) is 4.74 Å². The van der Waals surface area contributed by atoms with E-state index in [0.717, 1.165) is 31.2 Å². The SMILES string of the molecule is c1ccc([C@@H]2OCC[C@@H]2NC2CCN(c3nccs3)CC2)cc1. The molecule has 5 heteroatoms. The van der Waals surface area contributed by atoms with Gasteiger partial charge in [-0.15, -0.1) is 11.3 Å². The summed E-state index contributed by atoms with van der Waals surface area (Å²) in [4.78, 5) is 6.83. The molecule has 1 N–H and O–H groups in total. The molecule has 0 saturated carbocycles. The lowest BCUT2D eigenvalue weighted by atomic mass is 9.98. The smallest absolute Gasteiger partial charge is 0.185 e. The highest BCUT2D eigenvalue weighted by molar-refractivity contribution is 7.13. The van der Waals surface area contributed by atoms with Gasteiger partial charge in [-0.1, -0.05) is 30.3 Å². The number of nitrogens with one attached hydrogen (secondary N) is 1. The maximum Gasteiger partial charge on any atom is 0.185 e. The predicted octanol–water partition coefficient (Wildman–Crippen LogP) is 3.23. The summed E-state index contributed by atoms with van der Waals surface area (Å²) in [6, 6.07) is 11.6. The van der Waals surface area contributed by atoms with Gasteiger partial charge in [-0.2, -0.15) is 0 Å². The Bertz CT molecular complexity index is 596. The first-order valence-corrected chi connectivity index (χ1v) is 9.35. The molecule has 2 aliphatic rings. The van der Waals surface area contributed by atoms with Gasteiger partial charge in [0.05, 0.1) is 6.10 Å². The van der Waals surface area contributed by atoms with E-state index in [1.165, 1.54) is 18.4 Å². The van der Waals surface area contributed by atoms with E-state index in [2.05, 4.69) is 50.9 Å². The van der Waals surface area contributed by atoms with Gasteiger partial charge in [-0.25, -0.2) is 4.98 Å². The molecule has 4 nitrogen and oxygen atoms in total. The first kappa shape index (κ1) is 15.1. The summed E-state index contributed by atoms with van der Waals surface area (Å²) < 4.78 is 5.99. The van der Waals surface area contributed by atoms with Crippen LogP contribution in [-0.4, -0.2) is 36.8 Å². The van der Waals surface area contributed by atoms with Gasteiger partial charge in [-0.3, -0.25) is 0 Å². The zero-order valence-electron chi connectivity index (χ0n) is 13.2. The first-order chi connectivity index (χ1) is 11.4. The standard InChI is InChI=1S/C18H23N3OS/c1-2-4-14(5-3-1)17-16(8-12-22-17)20-15-6-10-21(11-7-15)18-19-9-13-23-18/h1-5,9,13,15-17,20H,6-8,10-12H2/t16-,17-/m0/s1. The predicted molar refractivity (Wildman–Crippen MR) is 94.0 cm³/mol. The molecular formula is C18H23N3OS. The van der Waals surface area contributed by atoms with Crippen molar-refractivity contribution in [2.75, 3.05) is 24.6 Å². The Balaban J connectivity index is 1.34. The number of hydrogen-bond acceptors (Lipinski definition) is 5. The van der Waals surface area contributed by atoms with Crippen LogP contribution in [0, 0.1) is 0 Å². The van der Waals surface area contributed by atoms with E-state index in [4.69, 9.17) is 4.74 Å². The molecule has 0 radical (unpaired) electrons. The van der Waals surface area contributed by atoms with Crippen LogP contribution in [0.25, 0.3) is 0 Å². The Morgan fingerprint density at radius 3 is 2.70 bits per heavy atom. The molecule has 2 atom stereocenters. The Labute approximate surface area is 141 Å². The molecule has 2 aliphatic heterocycles. The molecule has 0 spiro atoms. The fraction of sp³-hybridized carbons (Fsp3) is 0.500. The Morgan fingerprint density at radius 1 is 1.13 bits per heavy atom. The van der Waals surface area contributed by atoms with Gasteiger partial charge in [-0.05, 0) is 24.8 Å². The number of rotatable bonds is 4. The number of nitrogens with zero attached hydrogens (tertiary/aromatic N) is 2. The number of piperidine rings is 1. The van der Waals surface area contributed by atoms with E-state index in [1.807, 2.05) is 6.20 Å². The van der Waals surface area contributed by atoms with Gasteiger partial charge >= 0.3 is 0 Å². The molecule has 0 bridgehead atoms. The van der Waals surface area contributed by atoms with Crippen LogP contribution in [0.5, 0.6) is 0 Å². The third-order valence-corrected chi connectivity index (χ3v) is 5.69. The number of anilines is 1. The number of thiazole rings is 1. The van der Waals surface area contributed by atoms with Crippen LogP contribution in [0.15, 0.2) is 41.9 Å². The molecule has 3 heterocycles. The Kier molecular flexibility index (Phi) is 4.60. The zero-order valence-corrected chi connectivity index (χ0v) is 14.0. The van der Waals surface area contributed by atoms with Crippen LogP contribution in [0.2, 0.25) is 0 Å². The van der Waals surface area contributed by atoms with E-state index >= 15 is 0 Å². The van der Waals surface area contributed by atoms with Crippen LogP contribution in [0.1, 0.15) is 30.9 Å². The third kappa shape index (κ3) is 3.42. The van der Waals surface area contributed by atoms with Crippen molar-refractivity contribution in [3.63, 3.8) is 0 Å². The average Bonchev–Trinajstić information content (AvgIpc) is 3.28. The summed E-state index contributed by atoms with van der Waals surface area (Å²) in [6.45, 7) is 3.04. The quantitative estimate of drug-likeness (QED) is 0.934. The topological polar surface area (TPSA) is 37.4 Å². The molecule has 1 aromatic heterocycles. The van der Waals surface area contributed by atoms with Crippen LogP contribution in [0.3, 0.4) is 0 Å². The number of benzene rings is 1. The van der Waals surface area contributed by atoms with E-state index in [-0.39, 0.29) is 6.10 Å². The summed E-state index contributed by atoms with van der Waals surface area (Å²) in [7, 11) is 0. The van der Waals surface area contributed by atoms with E-state index in [9.17, 15) is 0 Å². The molecule has 0 amide bonds. The summed E-state index contributed by atoms with van der Waals surface area (Å²) in [5, 5.41) is 7.08. The van der Waals surface area contributed by atoms with E-state index < -0.39 is 0 Å². The molecule has 1 aromatic carbocycles. The summed E-state index contributed by atoms with van der Waals surface area (Å²) >= 11 is 1.74. The second kappa shape index (κ2) is 6.99. The van der Waals surface area contributed by atoms with Crippen molar-refractivity contribution in [3.05, 3.63) is 47.5 Å². The highest BCUT2D eigenvalue weighted by Crippen LogP contribution is 2.30. The molecular weight excluding hydrogens is 306 g/mol. The highest BCUT2D eigenvalue weighted by atomic mass is 32.1. The van der Waals surface area contributed by atoms with Gasteiger partial charge in [0.15, 0.2) is 5.13 Å². The van der Waals surface area contributed by atoms with Crippen LogP contribution < -0.4 is 10.2 Å². The van der Waals surface area contributed by atoms with E-state index in [1.54, 1.807) is 11.3 Å².